The Morgan fingerprint density at radius 3 is 2.80 bits per heavy atom. The number of carbonyl (C=O) groups excluding carboxylic acids is 1. The maximum absolute atomic E-state index is 10.3. The molecule has 4 heteroatoms. The Kier molecular flexibility index (Phi) is 2.11. The highest BCUT2D eigenvalue weighted by molar-refractivity contribution is 5.64. The van der Waals surface area contributed by atoms with E-state index in [1.54, 1.807) is 0 Å². The largest absolute Gasteiger partial charge is 0.445 e. The second-order valence-corrected chi connectivity index (χ2v) is 2.61. The summed E-state index contributed by atoms with van der Waals surface area (Å²) in [5.74, 6) is 0.382. The van der Waals surface area contributed by atoms with E-state index in [4.69, 9.17) is 10.5 Å². The molecule has 1 aliphatic rings. The SMILES string of the molecule is C[C@H]1CNC[C@H]1OC(N)=O. The maximum Gasteiger partial charge on any atom is 0.404 e. The van der Waals surface area contributed by atoms with Gasteiger partial charge in [0.15, 0.2) is 0 Å². The molecular formula is C6H12N2O2. The van der Waals surface area contributed by atoms with E-state index in [9.17, 15) is 4.79 Å². The first-order valence-electron chi connectivity index (χ1n) is 3.37. The van der Waals surface area contributed by atoms with Crippen LogP contribution in [0.4, 0.5) is 4.79 Å². The zero-order chi connectivity index (χ0) is 7.56. The normalized spacial score (nSPS) is 32.1. The Labute approximate surface area is 59.7 Å². The van der Waals surface area contributed by atoms with Crippen LogP contribution in [0.25, 0.3) is 0 Å². The van der Waals surface area contributed by atoms with E-state index in [2.05, 4.69) is 5.32 Å². The minimum atomic E-state index is -0.680. The molecule has 0 aromatic heterocycles. The van der Waals surface area contributed by atoms with E-state index in [-0.39, 0.29) is 6.10 Å². The van der Waals surface area contributed by atoms with Crippen LogP contribution in [0.5, 0.6) is 0 Å². The Morgan fingerprint density at radius 2 is 2.40 bits per heavy atom. The molecule has 58 valence electrons. The van der Waals surface area contributed by atoms with Crippen LogP contribution < -0.4 is 11.1 Å². The lowest BCUT2D eigenvalue weighted by atomic mass is 10.1. The summed E-state index contributed by atoms with van der Waals surface area (Å²) >= 11 is 0. The molecule has 4 nitrogen and oxygen atoms in total. The predicted octanol–water partition coefficient (Wildman–Crippen LogP) is -0.310. The minimum Gasteiger partial charge on any atom is -0.445 e. The second-order valence-electron chi connectivity index (χ2n) is 2.61. The number of nitrogens with two attached hydrogens (primary N) is 1. The molecule has 1 amide bonds. The van der Waals surface area contributed by atoms with E-state index in [1.807, 2.05) is 6.92 Å². The first-order valence-corrected chi connectivity index (χ1v) is 3.37. The molecule has 2 atom stereocenters. The number of ether oxygens (including phenoxy) is 1. The molecule has 0 radical (unpaired) electrons. The van der Waals surface area contributed by atoms with Gasteiger partial charge in [-0.25, -0.2) is 4.79 Å². The standard InChI is InChI=1S/C6H12N2O2/c1-4-2-8-3-5(4)10-6(7)9/h4-5,8H,2-3H2,1H3,(H2,7,9)/t4-,5+/m0/s1. The third kappa shape index (κ3) is 1.60. The van der Waals surface area contributed by atoms with Gasteiger partial charge in [-0.15, -0.1) is 0 Å². The highest BCUT2D eigenvalue weighted by atomic mass is 16.6. The van der Waals surface area contributed by atoms with Crippen LogP contribution in [0.3, 0.4) is 0 Å². The van der Waals surface area contributed by atoms with Crippen molar-refractivity contribution in [1.29, 1.82) is 0 Å². The molecule has 0 aromatic rings. The van der Waals surface area contributed by atoms with Gasteiger partial charge in [-0.3, -0.25) is 0 Å². The first-order chi connectivity index (χ1) is 4.70. The van der Waals surface area contributed by atoms with Gasteiger partial charge in [0, 0.05) is 19.0 Å². The van der Waals surface area contributed by atoms with Crippen LogP contribution in [0.2, 0.25) is 0 Å². The molecule has 0 aromatic carbocycles. The fourth-order valence-corrected chi connectivity index (χ4v) is 1.09. The number of nitrogens with one attached hydrogen (secondary N) is 1. The van der Waals surface area contributed by atoms with Crippen molar-refractivity contribution < 1.29 is 9.53 Å². The Balaban J connectivity index is 2.33. The average molecular weight is 144 g/mol. The zero-order valence-corrected chi connectivity index (χ0v) is 5.96. The molecule has 1 heterocycles. The second kappa shape index (κ2) is 2.88. The van der Waals surface area contributed by atoms with Crippen LogP contribution in [0, 0.1) is 5.92 Å². The third-order valence-electron chi connectivity index (χ3n) is 1.71. The predicted molar refractivity (Wildman–Crippen MR) is 36.5 cm³/mol. The van der Waals surface area contributed by atoms with Crippen LogP contribution in [-0.2, 0) is 4.74 Å². The molecule has 0 spiro atoms. The summed E-state index contributed by atoms with van der Waals surface area (Å²) in [5, 5.41) is 3.09. The van der Waals surface area contributed by atoms with Crippen molar-refractivity contribution >= 4 is 6.09 Å². The number of carbonyl (C=O) groups is 1. The molecular weight excluding hydrogens is 132 g/mol. The Morgan fingerprint density at radius 1 is 1.70 bits per heavy atom. The van der Waals surface area contributed by atoms with Gasteiger partial charge < -0.3 is 15.8 Å². The summed E-state index contributed by atoms with van der Waals surface area (Å²) in [6, 6.07) is 0. The molecule has 1 fully saturated rings. The molecule has 0 bridgehead atoms. The maximum atomic E-state index is 10.3. The fourth-order valence-electron chi connectivity index (χ4n) is 1.09. The van der Waals surface area contributed by atoms with Crippen molar-refractivity contribution in [1.82, 2.24) is 5.32 Å². The van der Waals surface area contributed by atoms with Crippen molar-refractivity contribution in [3.05, 3.63) is 0 Å². The van der Waals surface area contributed by atoms with Gasteiger partial charge in [0.25, 0.3) is 0 Å². The Hall–Kier alpha value is -0.770. The number of hydrogen-bond acceptors (Lipinski definition) is 3. The molecule has 10 heavy (non-hydrogen) atoms. The van der Waals surface area contributed by atoms with Gasteiger partial charge in [-0.2, -0.15) is 0 Å². The number of rotatable bonds is 1. The summed E-state index contributed by atoms with van der Waals surface area (Å²) in [4.78, 5) is 10.3. The smallest absolute Gasteiger partial charge is 0.404 e. The lowest BCUT2D eigenvalue weighted by Gasteiger charge is -2.12. The van der Waals surface area contributed by atoms with Gasteiger partial charge in [0.2, 0.25) is 0 Å². The van der Waals surface area contributed by atoms with E-state index in [0.717, 1.165) is 13.1 Å². The van der Waals surface area contributed by atoms with E-state index < -0.39 is 6.09 Å². The van der Waals surface area contributed by atoms with Crippen molar-refractivity contribution in [3.8, 4) is 0 Å². The fraction of sp³-hybridized carbons (Fsp3) is 0.833. The summed E-state index contributed by atoms with van der Waals surface area (Å²) < 4.78 is 4.80. The molecule has 0 saturated carbocycles. The van der Waals surface area contributed by atoms with Gasteiger partial charge in [-0.1, -0.05) is 6.92 Å². The molecule has 1 aliphatic heterocycles. The highest BCUT2D eigenvalue weighted by Gasteiger charge is 2.25. The van der Waals surface area contributed by atoms with E-state index in [0.29, 0.717) is 5.92 Å². The van der Waals surface area contributed by atoms with Crippen molar-refractivity contribution in [2.24, 2.45) is 11.7 Å². The molecule has 0 unspecified atom stereocenters. The first kappa shape index (κ1) is 7.34. The summed E-state index contributed by atoms with van der Waals surface area (Å²) in [5.41, 5.74) is 4.85. The quantitative estimate of drug-likeness (QED) is 0.530. The topological polar surface area (TPSA) is 64.3 Å². The monoisotopic (exact) mass is 144 g/mol. The minimum absolute atomic E-state index is 0.0301. The van der Waals surface area contributed by atoms with Crippen LogP contribution in [0.1, 0.15) is 6.92 Å². The summed E-state index contributed by atoms with van der Waals surface area (Å²) in [6.45, 7) is 3.65. The number of hydrogen-bond donors (Lipinski definition) is 2. The van der Waals surface area contributed by atoms with Gasteiger partial charge in [0.05, 0.1) is 0 Å². The van der Waals surface area contributed by atoms with E-state index in [1.165, 1.54) is 0 Å². The van der Waals surface area contributed by atoms with Gasteiger partial charge in [-0.05, 0) is 0 Å². The molecule has 3 N–H and O–H groups in total. The van der Waals surface area contributed by atoms with Crippen LogP contribution >= 0.6 is 0 Å². The Bertz CT molecular complexity index is 138. The van der Waals surface area contributed by atoms with Crippen LogP contribution in [-0.4, -0.2) is 25.3 Å². The number of amides is 1. The van der Waals surface area contributed by atoms with Crippen molar-refractivity contribution in [2.75, 3.05) is 13.1 Å². The third-order valence-corrected chi connectivity index (χ3v) is 1.71. The lowest BCUT2D eigenvalue weighted by molar-refractivity contribution is 0.0965. The van der Waals surface area contributed by atoms with Gasteiger partial charge in [0.1, 0.15) is 6.10 Å². The van der Waals surface area contributed by atoms with Crippen LogP contribution in [0.15, 0.2) is 0 Å². The van der Waals surface area contributed by atoms with Gasteiger partial charge >= 0.3 is 6.09 Å². The van der Waals surface area contributed by atoms with Crippen molar-refractivity contribution in [2.45, 2.75) is 13.0 Å². The highest BCUT2D eigenvalue weighted by Crippen LogP contribution is 2.10. The summed E-state index contributed by atoms with van der Waals surface area (Å²) in [7, 11) is 0. The molecule has 1 saturated heterocycles. The lowest BCUT2D eigenvalue weighted by Crippen LogP contribution is -2.27. The van der Waals surface area contributed by atoms with Crippen molar-refractivity contribution in [3.63, 3.8) is 0 Å². The number of primary amides is 1. The van der Waals surface area contributed by atoms with E-state index >= 15 is 0 Å². The average Bonchev–Trinajstić information content (AvgIpc) is 2.15. The summed E-state index contributed by atoms with van der Waals surface area (Å²) in [6.07, 6.45) is -0.710. The molecule has 1 rings (SSSR count). The zero-order valence-electron chi connectivity index (χ0n) is 5.96. The molecule has 0 aliphatic carbocycles.